The van der Waals surface area contributed by atoms with Crippen molar-refractivity contribution in [2.75, 3.05) is 6.54 Å². The van der Waals surface area contributed by atoms with Crippen LogP contribution in [0.4, 0.5) is 4.39 Å². The molecule has 1 fully saturated rings. The molecule has 1 aromatic carbocycles. The van der Waals surface area contributed by atoms with Crippen LogP contribution in [0.15, 0.2) is 22.7 Å². The van der Waals surface area contributed by atoms with Gasteiger partial charge < -0.3 is 10.1 Å². The lowest BCUT2D eigenvalue weighted by Gasteiger charge is -2.29. The smallest absolute Gasteiger partial charge is 0.137 e. The van der Waals surface area contributed by atoms with Gasteiger partial charge in [0.05, 0.1) is 17.2 Å². The zero-order chi connectivity index (χ0) is 13.7. The standard InChI is InChI=1S/C15H21BrFNO/c1-2-18-12-6-8-13(9-7-12)19-10-11-4-3-5-14(17)15(11)16/h3-5,12-13,18H,2,6-10H2,1H3. The van der Waals surface area contributed by atoms with Crippen molar-refractivity contribution in [1.29, 1.82) is 0 Å². The summed E-state index contributed by atoms with van der Waals surface area (Å²) in [6.07, 6.45) is 4.82. The molecular formula is C15H21BrFNO. The summed E-state index contributed by atoms with van der Waals surface area (Å²) in [5.74, 6) is -0.225. The minimum atomic E-state index is -0.225. The van der Waals surface area contributed by atoms with Gasteiger partial charge in [0, 0.05) is 6.04 Å². The molecule has 0 bridgehead atoms. The van der Waals surface area contributed by atoms with Crippen LogP contribution in [-0.4, -0.2) is 18.7 Å². The number of halogens is 2. The van der Waals surface area contributed by atoms with Crippen molar-refractivity contribution in [3.63, 3.8) is 0 Å². The predicted molar refractivity (Wildman–Crippen MR) is 78.6 cm³/mol. The third kappa shape index (κ3) is 4.26. The van der Waals surface area contributed by atoms with E-state index in [9.17, 15) is 4.39 Å². The molecule has 1 saturated carbocycles. The maximum Gasteiger partial charge on any atom is 0.137 e. The fourth-order valence-electron chi connectivity index (χ4n) is 2.59. The van der Waals surface area contributed by atoms with Gasteiger partial charge in [0.2, 0.25) is 0 Å². The van der Waals surface area contributed by atoms with Crippen LogP contribution < -0.4 is 5.32 Å². The number of ether oxygens (including phenoxy) is 1. The molecular weight excluding hydrogens is 309 g/mol. The fourth-order valence-corrected chi connectivity index (χ4v) is 2.97. The number of nitrogens with one attached hydrogen (secondary N) is 1. The molecule has 0 radical (unpaired) electrons. The summed E-state index contributed by atoms with van der Waals surface area (Å²) in [5, 5.41) is 3.48. The number of hydrogen-bond acceptors (Lipinski definition) is 2. The van der Waals surface area contributed by atoms with Gasteiger partial charge in [-0.25, -0.2) is 4.39 Å². The van der Waals surface area contributed by atoms with Gasteiger partial charge in [-0.3, -0.25) is 0 Å². The first-order valence-corrected chi connectivity index (χ1v) is 7.78. The molecule has 0 aliphatic heterocycles. The molecule has 4 heteroatoms. The summed E-state index contributed by atoms with van der Waals surface area (Å²) in [4.78, 5) is 0. The summed E-state index contributed by atoms with van der Waals surface area (Å²) >= 11 is 3.27. The highest BCUT2D eigenvalue weighted by Gasteiger charge is 2.21. The summed E-state index contributed by atoms with van der Waals surface area (Å²) in [6.45, 7) is 3.66. The molecule has 0 aromatic heterocycles. The second kappa shape index (κ2) is 7.36. The van der Waals surface area contributed by atoms with E-state index in [2.05, 4.69) is 28.2 Å². The Morgan fingerprint density at radius 2 is 2.05 bits per heavy atom. The Morgan fingerprint density at radius 1 is 1.32 bits per heavy atom. The van der Waals surface area contributed by atoms with E-state index in [-0.39, 0.29) is 5.82 Å². The minimum absolute atomic E-state index is 0.225. The predicted octanol–water partition coefficient (Wildman–Crippen LogP) is 4.03. The highest BCUT2D eigenvalue weighted by molar-refractivity contribution is 9.10. The number of hydrogen-bond donors (Lipinski definition) is 1. The van der Waals surface area contributed by atoms with Gasteiger partial charge in [0.15, 0.2) is 0 Å². The Balaban J connectivity index is 1.79. The summed E-state index contributed by atoms with van der Waals surface area (Å²) in [5.41, 5.74) is 0.883. The highest BCUT2D eigenvalue weighted by atomic mass is 79.9. The van der Waals surface area contributed by atoms with Gasteiger partial charge in [0.1, 0.15) is 5.82 Å². The van der Waals surface area contributed by atoms with Crippen LogP contribution in [0.5, 0.6) is 0 Å². The molecule has 1 aliphatic rings. The van der Waals surface area contributed by atoms with Gasteiger partial charge >= 0.3 is 0 Å². The first-order chi connectivity index (χ1) is 9.20. The lowest BCUT2D eigenvalue weighted by Crippen LogP contribution is -2.35. The number of benzene rings is 1. The van der Waals surface area contributed by atoms with E-state index in [0.717, 1.165) is 24.9 Å². The van der Waals surface area contributed by atoms with E-state index in [1.807, 2.05) is 6.07 Å². The molecule has 0 atom stereocenters. The van der Waals surface area contributed by atoms with E-state index >= 15 is 0 Å². The van der Waals surface area contributed by atoms with E-state index < -0.39 is 0 Å². The van der Waals surface area contributed by atoms with Crippen molar-refractivity contribution in [3.05, 3.63) is 34.1 Å². The lowest BCUT2D eigenvalue weighted by molar-refractivity contribution is 0.0111. The van der Waals surface area contributed by atoms with Crippen molar-refractivity contribution in [2.24, 2.45) is 0 Å². The Labute approximate surface area is 122 Å². The quantitative estimate of drug-likeness (QED) is 0.880. The Morgan fingerprint density at radius 3 is 2.74 bits per heavy atom. The lowest BCUT2D eigenvalue weighted by atomic mass is 9.93. The largest absolute Gasteiger partial charge is 0.373 e. The molecule has 1 aliphatic carbocycles. The molecule has 2 nitrogen and oxygen atoms in total. The van der Waals surface area contributed by atoms with Crippen molar-refractivity contribution < 1.29 is 9.13 Å². The van der Waals surface area contributed by atoms with Crippen molar-refractivity contribution >= 4 is 15.9 Å². The van der Waals surface area contributed by atoms with Crippen LogP contribution in [0, 0.1) is 5.82 Å². The van der Waals surface area contributed by atoms with Crippen LogP contribution in [0.1, 0.15) is 38.2 Å². The topological polar surface area (TPSA) is 21.3 Å². The van der Waals surface area contributed by atoms with Crippen LogP contribution in [0.3, 0.4) is 0 Å². The molecule has 1 aromatic rings. The first-order valence-electron chi connectivity index (χ1n) is 6.98. The molecule has 106 valence electrons. The monoisotopic (exact) mass is 329 g/mol. The third-order valence-corrected chi connectivity index (χ3v) is 4.56. The maximum atomic E-state index is 13.4. The second-order valence-corrected chi connectivity index (χ2v) is 5.85. The Kier molecular flexibility index (Phi) is 5.79. The van der Waals surface area contributed by atoms with Crippen LogP contribution in [-0.2, 0) is 11.3 Å². The summed E-state index contributed by atoms with van der Waals surface area (Å²) in [6, 6.07) is 5.72. The van der Waals surface area contributed by atoms with Crippen molar-refractivity contribution in [1.82, 2.24) is 5.32 Å². The highest BCUT2D eigenvalue weighted by Crippen LogP contribution is 2.25. The van der Waals surface area contributed by atoms with Gasteiger partial charge in [-0.15, -0.1) is 0 Å². The molecule has 0 unspecified atom stereocenters. The van der Waals surface area contributed by atoms with E-state index in [4.69, 9.17) is 4.74 Å². The molecule has 2 rings (SSSR count). The van der Waals surface area contributed by atoms with Crippen molar-refractivity contribution in [2.45, 2.75) is 51.4 Å². The zero-order valence-corrected chi connectivity index (χ0v) is 12.9. The molecule has 0 spiro atoms. The fraction of sp³-hybridized carbons (Fsp3) is 0.600. The second-order valence-electron chi connectivity index (χ2n) is 5.06. The van der Waals surface area contributed by atoms with Crippen molar-refractivity contribution in [3.8, 4) is 0 Å². The zero-order valence-electron chi connectivity index (χ0n) is 11.3. The molecule has 0 amide bonds. The average Bonchev–Trinajstić information content (AvgIpc) is 2.42. The average molecular weight is 330 g/mol. The Hall–Kier alpha value is -0.450. The first kappa shape index (κ1) is 14.9. The summed E-state index contributed by atoms with van der Waals surface area (Å²) < 4.78 is 19.8. The third-order valence-electron chi connectivity index (χ3n) is 3.67. The maximum absolute atomic E-state index is 13.4. The SMILES string of the molecule is CCNC1CCC(OCc2cccc(F)c2Br)CC1. The number of rotatable bonds is 5. The van der Waals surface area contributed by atoms with Gasteiger partial charge in [-0.2, -0.15) is 0 Å². The van der Waals surface area contributed by atoms with Crippen LogP contribution >= 0.6 is 15.9 Å². The van der Waals surface area contributed by atoms with E-state index in [0.29, 0.717) is 23.2 Å². The molecule has 0 saturated heterocycles. The van der Waals surface area contributed by atoms with Gasteiger partial charge in [-0.05, 0) is 59.8 Å². The Bertz CT molecular complexity index is 405. The molecule has 19 heavy (non-hydrogen) atoms. The van der Waals surface area contributed by atoms with E-state index in [1.165, 1.54) is 18.9 Å². The summed E-state index contributed by atoms with van der Waals surface area (Å²) in [7, 11) is 0. The van der Waals surface area contributed by atoms with Crippen LogP contribution in [0.2, 0.25) is 0 Å². The van der Waals surface area contributed by atoms with Crippen LogP contribution in [0.25, 0.3) is 0 Å². The van der Waals surface area contributed by atoms with E-state index in [1.54, 1.807) is 6.07 Å². The normalized spacial score (nSPS) is 23.5. The van der Waals surface area contributed by atoms with Gasteiger partial charge in [-0.1, -0.05) is 19.1 Å². The van der Waals surface area contributed by atoms with Gasteiger partial charge in [0.25, 0.3) is 0 Å². The molecule has 0 heterocycles. The minimum Gasteiger partial charge on any atom is -0.373 e. The molecule has 1 N–H and O–H groups in total.